The Morgan fingerprint density at radius 1 is 0.446 bits per heavy atom. The van der Waals surface area contributed by atoms with E-state index < -0.39 is 0 Å². The van der Waals surface area contributed by atoms with Crippen LogP contribution in [0.25, 0.3) is 0 Å². The fourth-order valence-corrected chi connectivity index (χ4v) is 3.82. The molecule has 7 heteroatoms. The van der Waals surface area contributed by atoms with Gasteiger partial charge in [-0.3, -0.25) is 0 Å². The number of hydrogen-bond donors (Lipinski definition) is 0. The van der Waals surface area contributed by atoms with Crippen LogP contribution in [-0.2, 0) is 28.4 Å². The van der Waals surface area contributed by atoms with E-state index in [9.17, 15) is 0 Å². The molecule has 0 heterocycles. The summed E-state index contributed by atoms with van der Waals surface area (Å²) in [5.74, 6) is 0.935. The van der Waals surface area contributed by atoms with Crippen LogP contribution in [0.4, 0.5) is 0 Å². The maximum atomic E-state index is 6.06. The first-order valence-corrected chi connectivity index (χ1v) is 21.6. The maximum Gasteiger partial charge on any atom is 0.0857 e. The Kier molecular flexibility index (Phi) is 41.5. The smallest absolute Gasteiger partial charge is 0.0857 e. The Hall–Kier alpha value is -0.280. The highest BCUT2D eigenvalue weighted by molar-refractivity contribution is 4.76. The summed E-state index contributed by atoms with van der Waals surface area (Å²) >= 11 is 0. The van der Waals surface area contributed by atoms with Gasteiger partial charge in [0, 0.05) is 13.2 Å². The molecule has 0 aromatic rings. The van der Waals surface area contributed by atoms with Gasteiger partial charge >= 0.3 is 0 Å². The highest BCUT2D eigenvalue weighted by atomic mass is 16.6. The molecule has 0 saturated heterocycles. The fraction of sp³-hybridized carbons (Fsp3) is 1.00. The van der Waals surface area contributed by atoms with Gasteiger partial charge in [-0.1, -0.05) is 145 Å². The van der Waals surface area contributed by atoms with Crippen molar-refractivity contribution in [3.63, 3.8) is 0 Å². The van der Waals surface area contributed by atoms with Gasteiger partial charge in [0.05, 0.1) is 63.1 Å². The monoisotopic (exact) mass is 810 g/mol. The molecule has 7 nitrogen and oxygen atoms in total. The lowest BCUT2D eigenvalue weighted by atomic mass is 9.89. The summed E-state index contributed by atoms with van der Waals surface area (Å²) in [5.41, 5.74) is 0.578. The van der Waals surface area contributed by atoms with E-state index >= 15 is 0 Å². The third-order valence-corrected chi connectivity index (χ3v) is 8.81. The topological polar surface area (TPSA) is 58.6 Å². The van der Waals surface area contributed by atoms with E-state index in [2.05, 4.69) is 171 Å². The van der Waals surface area contributed by atoms with Crippen molar-refractivity contribution in [1.82, 2.24) is 4.90 Å². The zero-order valence-corrected chi connectivity index (χ0v) is 41.5. The lowest BCUT2D eigenvalue weighted by Crippen LogP contribution is -2.35. The Labute approximate surface area is 356 Å². The molecule has 0 amide bonds. The third kappa shape index (κ3) is 55.8. The number of ether oxygens (including phenoxy) is 6. The molecule has 56 heavy (non-hydrogen) atoms. The van der Waals surface area contributed by atoms with Crippen LogP contribution < -0.4 is 0 Å². The van der Waals surface area contributed by atoms with Crippen molar-refractivity contribution in [2.75, 3.05) is 73.0 Å². The Bertz CT molecular complexity index is 765. The van der Waals surface area contributed by atoms with Crippen molar-refractivity contribution in [2.45, 2.75) is 223 Å². The molecular formula is C49H111NO6. The van der Waals surface area contributed by atoms with Crippen molar-refractivity contribution in [2.24, 2.45) is 27.6 Å². The van der Waals surface area contributed by atoms with Gasteiger partial charge in [-0.25, -0.2) is 0 Å². The van der Waals surface area contributed by atoms with Crippen LogP contribution in [0.5, 0.6) is 0 Å². The van der Waals surface area contributed by atoms with E-state index in [0.29, 0.717) is 50.5 Å². The molecule has 348 valence electrons. The van der Waals surface area contributed by atoms with E-state index in [-0.39, 0.29) is 49.1 Å². The minimum atomic E-state index is -0.107. The Morgan fingerprint density at radius 2 is 0.768 bits per heavy atom. The molecule has 0 saturated carbocycles. The molecule has 0 aromatic heterocycles. The number of rotatable bonds is 20. The van der Waals surface area contributed by atoms with Gasteiger partial charge in [-0.15, -0.1) is 0 Å². The van der Waals surface area contributed by atoms with Crippen molar-refractivity contribution in [3.8, 4) is 0 Å². The summed E-state index contributed by atoms with van der Waals surface area (Å²) in [5, 5.41) is 0. The zero-order valence-electron chi connectivity index (χ0n) is 41.5. The maximum absolute atomic E-state index is 6.06. The predicted molar refractivity (Wildman–Crippen MR) is 252 cm³/mol. The van der Waals surface area contributed by atoms with Gasteiger partial charge in [-0.05, 0) is 102 Å². The average Bonchev–Trinajstić information content (AvgIpc) is 2.99. The fourth-order valence-electron chi connectivity index (χ4n) is 3.82. The second kappa shape index (κ2) is 34.4. The molecule has 0 bridgehead atoms. The summed E-state index contributed by atoms with van der Waals surface area (Å²) in [6.45, 7) is 57.6. The minimum Gasteiger partial charge on any atom is -0.379 e. The van der Waals surface area contributed by atoms with Crippen LogP contribution >= 0.6 is 0 Å². The summed E-state index contributed by atoms with van der Waals surface area (Å²) in [6.07, 6.45) is 5.01. The normalized spacial score (nSPS) is 13.6. The first kappa shape index (κ1) is 67.5. The van der Waals surface area contributed by atoms with Crippen LogP contribution in [0.2, 0.25) is 0 Å². The lowest BCUT2D eigenvalue weighted by Gasteiger charge is -2.31. The molecule has 0 fully saturated rings. The van der Waals surface area contributed by atoms with Crippen molar-refractivity contribution in [3.05, 3.63) is 0 Å². The quantitative estimate of drug-likeness (QED) is 0.114. The van der Waals surface area contributed by atoms with Gasteiger partial charge < -0.3 is 33.3 Å². The molecule has 0 radical (unpaired) electrons. The summed E-state index contributed by atoms with van der Waals surface area (Å²) < 4.78 is 35.0. The van der Waals surface area contributed by atoms with Gasteiger partial charge in [0.2, 0.25) is 0 Å². The van der Waals surface area contributed by atoms with Gasteiger partial charge in [-0.2, -0.15) is 0 Å². The van der Waals surface area contributed by atoms with E-state index in [4.69, 9.17) is 28.4 Å². The van der Waals surface area contributed by atoms with E-state index in [1.807, 2.05) is 0 Å². The van der Waals surface area contributed by atoms with Crippen LogP contribution in [0, 0.1) is 27.6 Å². The molecule has 0 aromatic carbocycles. The largest absolute Gasteiger partial charge is 0.379 e. The van der Waals surface area contributed by atoms with Crippen LogP contribution in [0.3, 0.4) is 0 Å². The lowest BCUT2D eigenvalue weighted by molar-refractivity contribution is -0.101. The third-order valence-electron chi connectivity index (χ3n) is 8.81. The first-order valence-electron chi connectivity index (χ1n) is 21.6. The predicted octanol–water partition coefficient (Wildman–Crippen LogP) is 14.0. The average molecular weight is 810 g/mol. The van der Waals surface area contributed by atoms with Crippen LogP contribution in [-0.4, -0.2) is 101 Å². The Balaban J connectivity index is -0.000000168. The molecular weight excluding hydrogens is 699 g/mol. The molecule has 2 unspecified atom stereocenters. The molecule has 0 aliphatic heterocycles. The van der Waals surface area contributed by atoms with Gasteiger partial charge in [0.1, 0.15) is 0 Å². The summed E-state index contributed by atoms with van der Waals surface area (Å²) in [6, 6.07) is 0. The molecule has 2 atom stereocenters. The van der Waals surface area contributed by atoms with Crippen molar-refractivity contribution in [1.29, 1.82) is 0 Å². The van der Waals surface area contributed by atoms with E-state index in [1.54, 1.807) is 0 Å². The van der Waals surface area contributed by atoms with Crippen molar-refractivity contribution < 1.29 is 28.4 Å². The highest BCUT2D eigenvalue weighted by Crippen LogP contribution is 2.26. The van der Waals surface area contributed by atoms with E-state index in [1.165, 1.54) is 12.8 Å². The highest BCUT2D eigenvalue weighted by Gasteiger charge is 2.27. The Morgan fingerprint density at radius 3 is 1.04 bits per heavy atom. The van der Waals surface area contributed by atoms with Crippen LogP contribution in [0.15, 0.2) is 0 Å². The second-order valence-electron chi connectivity index (χ2n) is 21.6. The van der Waals surface area contributed by atoms with Crippen LogP contribution in [0.1, 0.15) is 200 Å². The number of nitrogens with zero attached hydrogens (tertiary/aromatic N) is 1. The zero-order chi connectivity index (χ0) is 43.5. The number of hydrogen-bond acceptors (Lipinski definition) is 7. The molecule has 0 N–H and O–H groups in total. The van der Waals surface area contributed by atoms with E-state index in [0.717, 1.165) is 45.1 Å². The molecule has 0 spiro atoms. The van der Waals surface area contributed by atoms with Gasteiger partial charge in [0.15, 0.2) is 0 Å². The molecule has 0 rings (SSSR count). The molecule has 0 aliphatic rings. The standard InChI is InChI=1S/2C18H38O3.C6H14.C5H13N.2CH4/c1-16(2,3)10-11-20-15(17(4,5)6)14-19-12-13-21-18(7,8)9;1-16(2,3)10-11-19-14-15(17(4,5)6)20-12-13-21-18(7,8)9;2*1-4-6(3)5-2;;/h2*15H,10-14H2,1-9H3;6H,4-5H2,1-3H3;4-5H2,1-3H3;2*1H4. The molecule has 0 aliphatic carbocycles. The second-order valence-corrected chi connectivity index (χ2v) is 21.6. The van der Waals surface area contributed by atoms with Crippen molar-refractivity contribution >= 4 is 0 Å². The first-order chi connectivity index (χ1) is 24.2. The summed E-state index contributed by atoms with van der Waals surface area (Å²) in [7, 11) is 2.11. The minimum absolute atomic E-state index is 0. The summed E-state index contributed by atoms with van der Waals surface area (Å²) in [4.78, 5) is 2.25. The van der Waals surface area contributed by atoms with Gasteiger partial charge in [0.25, 0.3) is 0 Å². The SMILES string of the molecule is C.C.CC(C)(C)CCOC(COCCOC(C)(C)C)C(C)(C)C.CC(C)(C)CCOCC(OCCOC(C)(C)C)C(C)(C)C.CCC(C)CC.CCN(C)CC.